The van der Waals surface area contributed by atoms with E-state index < -0.39 is 6.23 Å². The zero-order valence-corrected chi connectivity index (χ0v) is 12.1. The van der Waals surface area contributed by atoms with Crippen LogP contribution >= 0.6 is 0 Å². The molecule has 0 spiro atoms. The van der Waals surface area contributed by atoms with Gasteiger partial charge >= 0.3 is 6.03 Å². The van der Waals surface area contributed by atoms with E-state index in [9.17, 15) is 9.90 Å². The number of aliphatic hydroxyl groups is 1. The first kappa shape index (κ1) is 13.9. The van der Waals surface area contributed by atoms with Crippen molar-refractivity contribution in [2.45, 2.75) is 38.8 Å². The summed E-state index contributed by atoms with van der Waals surface area (Å²) in [7, 11) is 1.75. The fraction of sp³-hybridized carbons (Fsp3) is 0.533. The molecule has 4 nitrogen and oxygen atoms in total. The Labute approximate surface area is 114 Å². The molecule has 0 aliphatic carbocycles. The highest BCUT2D eigenvalue weighted by atomic mass is 16.3. The van der Waals surface area contributed by atoms with E-state index in [0.717, 1.165) is 5.69 Å². The third kappa shape index (κ3) is 2.73. The number of hydrogen-bond acceptors (Lipinski definition) is 2. The molecule has 0 aromatic heterocycles. The van der Waals surface area contributed by atoms with Crippen LogP contribution in [0.2, 0.25) is 0 Å². The summed E-state index contributed by atoms with van der Waals surface area (Å²) in [6.45, 7) is 7.04. The Morgan fingerprint density at radius 2 is 1.79 bits per heavy atom. The van der Waals surface area contributed by atoms with E-state index in [1.807, 2.05) is 24.3 Å². The van der Waals surface area contributed by atoms with Gasteiger partial charge in [0.25, 0.3) is 0 Å². The van der Waals surface area contributed by atoms with Crippen molar-refractivity contribution < 1.29 is 9.90 Å². The first-order valence-electron chi connectivity index (χ1n) is 6.63. The number of benzene rings is 1. The minimum Gasteiger partial charge on any atom is -0.373 e. The van der Waals surface area contributed by atoms with Gasteiger partial charge in [-0.3, -0.25) is 4.90 Å². The number of hydrogen-bond donors (Lipinski definition) is 1. The van der Waals surface area contributed by atoms with Crippen molar-refractivity contribution >= 4 is 11.7 Å². The normalized spacial score (nSPS) is 20.9. The van der Waals surface area contributed by atoms with Crippen molar-refractivity contribution in [3.8, 4) is 0 Å². The van der Waals surface area contributed by atoms with Crippen molar-refractivity contribution in [2.75, 3.05) is 18.5 Å². The summed E-state index contributed by atoms with van der Waals surface area (Å²) in [5.74, 6) is 0. The van der Waals surface area contributed by atoms with Crippen LogP contribution in [-0.2, 0) is 5.41 Å². The topological polar surface area (TPSA) is 43.8 Å². The molecule has 1 saturated heterocycles. The van der Waals surface area contributed by atoms with Crippen LogP contribution in [-0.4, -0.2) is 35.9 Å². The Bertz CT molecular complexity index is 462. The lowest BCUT2D eigenvalue weighted by molar-refractivity contribution is 0.116. The first-order chi connectivity index (χ1) is 8.80. The van der Waals surface area contributed by atoms with Crippen LogP contribution in [0, 0.1) is 0 Å². The summed E-state index contributed by atoms with van der Waals surface area (Å²) in [5, 5.41) is 10.0. The second-order valence-corrected chi connectivity index (χ2v) is 6.14. The van der Waals surface area contributed by atoms with Gasteiger partial charge in [-0.05, 0) is 23.1 Å². The number of nitrogens with zero attached hydrogens (tertiary/aromatic N) is 2. The number of urea groups is 1. The van der Waals surface area contributed by atoms with Gasteiger partial charge in [0.1, 0.15) is 6.23 Å². The Morgan fingerprint density at radius 3 is 2.32 bits per heavy atom. The maximum atomic E-state index is 12.1. The maximum Gasteiger partial charge on any atom is 0.326 e. The average Bonchev–Trinajstić information content (AvgIpc) is 2.34. The lowest BCUT2D eigenvalue weighted by Crippen LogP contribution is -2.53. The second kappa shape index (κ2) is 4.85. The summed E-state index contributed by atoms with van der Waals surface area (Å²) in [5.41, 5.74) is 2.04. The van der Waals surface area contributed by atoms with Crippen LogP contribution in [0.1, 0.15) is 32.8 Å². The molecule has 1 aromatic rings. The highest BCUT2D eigenvalue weighted by molar-refractivity contribution is 5.92. The van der Waals surface area contributed by atoms with Crippen molar-refractivity contribution in [3.63, 3.8) is 0 Å². The van der Waals surface area contributed by atoms with Crippen molar-refractivity contribution in [2.24, 2.45) is 0 Å². The molecule has 0 radical (unpaired) electrons. The molecular formula is C15H22N2O2. The largest absolute Gasteiger partial charge is 0.373 e. The SMILES string of the molecule is CN1CCC(O)N(c2ccc(C(C)(C)C)cc2)C1=O. The summed E-state index contributed by atoms with van der Waals surface area (Å²) < 4.78 is 0. The highest BCUT2D eigenvalue weighted by Gasteiger charge is 2.31. The summed E-state index contributed by atoms with van der Waals surface area (Å²) in [6, 6.07) is 7.69. The smallest absolute Gasteiger partial charge is 0.326 e. The average molecular weight is 262 g/mol. The molecule has 1 aliphatic rings. The van der Waals surface area contributed by atoms with Gasteiger partial charge in [-0.1, -0.05) is 32.9 Å². The van der Waals surface area contributed by atoms with Gasteiger partial charge in [0.05, 0.1) is 0 Å². The van der Waals surface area contributed by atoms with Gasteiger partial charge < -0.3 is 10.0 Å². The van der Waals surface area contributed by atoms with E-state index in [2.05, 4.69) is 20.8 Å². The van der Waals surface area contributed by atoms with Gasteiger partial charge in [0.2, 0.25) is 0 Å². The molecule has 0 saturated carbocycles. The molecule has 0 bridgehead atoms. The predicted molar refractivity (Wildman–Crippen MR) is 76.3 cm³/mol. The number of carbonyl (C=O) groups is 1. The van der Waals surface area contributed by atoms with E-state index in [4.69, 9.17) is 0 Å². The summed E-state index contributed by atoms with van der Waals surface area (Å²) >= 11 is 0. The van der Waals surface area contributed by atoms with E-state index in [1.165, 1.54) is 10.5 Å². The molecule has 1 aliphatic heterocycles. The van der Waals surface area contributed by atoms with Gasteiger partial charge in [0, 0.05) is 25.7 Å². The van der Waals surface area contributed by atoms with E-state index in [1.54, 1.807) is 11.9 Å². The molecule has 1 N–H and O–H groups in total. The third-order valence-electron chi connectivity index (χ3n) is 3.56. The molecule has 4 heteroatoms. The fourth-order valence-electron chi connectivity index (χ4n) is 2.25. The van der Waals surface area contributed by atoms with E-state index in [-0.39, 0.29) is 11.4 Å². The van der Waals surface area contributed by atoms with Crippen LogP contribution in [0.3, 0.4) is 0 Å². The number of anilines is 1. The van der Waals surface area contributed by atoms with Gasteiger partial charge in [-0.15, -0.1) is 0 Å². The van der Waals surface area contributed by atoms with E-state index >= 15 is 0 Å². The minimum absolute atomic E-state index is 0.0832. The monoisotopic (exact) mass is 262 g/mol. The lowest BCUT2D eigenvalue weighted by atomic mass is 9.87. The first-order valence-corrected chi connectivity index (χ1v) is 6.63. The van der Waals surface area contributed by atoms with Crippen LogP contribution in [0.4, 0.5) is 10.5 Å². The predicted octanol–water partition coefficient (Wildman–Crippen LogP) is 2.56. The number of amides is 2. The minimum atomic E-state index is -0.732. The third-order valence-corrected chi connectivity index (χ3v) is 3.56. The molecular weight excluding hydrogens is 240 g/mol. The van der Waals surface area contributed by atoms with Crippen molar-refractivity contribution in [3.05, 3.63) is 29.8 Å². The number of aliphatic hydroxyl groups excluding tert-OH is 1. The second-order valence-electron chi connectivity index (χ2n) is 6.14. The zero-order chi connectivity index (χ0) is 14.2. The van der Waals surface area contributed by atoms with Gasteiger partial charge in [0.15, 0.2) is 0 Å². The van der Waals surface area contributed by atoms with Crippen LogP contribution < -0.4 is 4.90 Å². The molecule has 2 rings (SSSR count). The van der Waals surface area contributed by atoms with Gasteiger partial charge in [-0.25, -0.2) is 4.79 Å². The molecule has 104 valence electrons. The fourth-order valence-corrected chi connectivity index (χ4v) is 2.25. The lowest BCUT2D eigenvalue weighted by Gasteiger charge is -2.37. The van der Waals surface area contributed by atoms with Gasteiger partial charge in [-0.2, -0.15) is 0 Å². The molecule has 1 fully saturated rings. The number of carbonyl (C=O) groups excluding carboxylic acids is 1. The Morgan fingerprint density at radius 1 is 1.21 bits per heavy atom. The standard InChI is InChI=1S/C15H22N2O2/c1-15(2,3)11-5-7-12(8-6-11)17-13(18)9-10-16(4)14(17)19/h5-8,13,18H,9-10H2,1-4H3. The quantitative estimate of drug-likeness (QED) is 0.845. The van der Waals surface area contributed by atoms with Crippen LogP contribution in [0.5, 0.6) is 0 Å². The van der Waals surface area contributed by atoms with Crippen molar-refractivity contribution in [1.29, 1.82) is 0 Å². The van der Waals surface area contributed by atoms with Crippen LogP contribution in [0.15, 0.2) is 24.3 Å². The Kier molecular flexibility index (Phi) is 3.54. The van der Waals surface area contributed by atoms with E-state index in [0.29, 0.717) is 13.0 Å². The molecule has 1 aromatic carbocycles. The molecule has 1 unspecified atom stereocenters. The molecule has 2 amide bonds. The zero-order valence-electron chi connectivity index (χ0n) is 12.1. The highest BCUT2D eigenvalue weighted by Crippen LogP contribution is 2.27. The molecule has 1 heterocycles. The summed E-state index contributed by atoms with van der Waals surface area (Å²) in [4.78, 5) is 15.2. The Hall–Kier alpha value is -1.55. The van der Waals surface area contributed by atoms with Crippen LogP contribution in [0.25, 0.3) is 0 Å². The Balaban J connectivity index is 2.28. The number of rotatable bonds is 1. The van der Waals surface area contributed by atoms with Crippen molar-refractivity contribution in [1.82, 2.24) is 4.90 Å². The molecule has 1 atom stereocenters. The summed E-state index contributed by atoms with van der Waals surface area (Å²) in [6.07, 6.45) is -0.160. The molecule has 19 heavy (non-hydrogen) atoms. The maximum absolute atomic E-state index is 12.1.